The normalized spacial score (nSPS) is 20.0. The van der Waals surface area contributed by atoms with Crippen LogP contribution in [0.1, 0.15) is 112 Å². The summed E-state index contributed by atoms with van der Waals surface area (Å²) in [6.45, 7) is 6.12. The molecule has 2 saturated carbocycles. The molecule has 2 heterocycles. The number of hydrogen-bond donors (Lipinski definition) is 3. The Morgan fingerprint density at radius 1 is 0.917 bits per heavy atom. The molecule has 3 aliphatic rings. The Morgan fingerprint density at radius 2 is 1.58 bits per heavy atom. The molecule has 48 heavy (non-hydrogen) atoms. The number of halogens is 1. The monoisotopic (exact) mass is 665 g/mol. The van der Waals surface area contributed by atoms with Crippen molar-refractivity contribution in [3.63, 3.8) is 0 Å². The van der Waals surface area contributed by atoms with Crippen LogP contribution in [0.25, 0.3) is 0 Å². The molecule has 1 aromatic heterocycles. The first-order valence-corrected chi connectivity index (χ1v) is 17.9. The van der Waals surface area contributed by atoms with Gasteiger partial charge in [-0.15, -0.1) is 0 Å². The van der Waals surface area contributed by atoms with Gasteiger partial charge in [-0.25, -0.2) is 4.39 Å². The molecule has 4 amide bonds. The van der Waals surface area contributed by atoms with Crippen molar-refractivity contribution in [1.82, 2.24) is 30.2 Å². The topological polar surface area (TPSA) is 129 Å². The Kier molecular flexibility index (Phi) is 12.2. The molecule has 11 nitrogen and oxygen atoms in total. The van der Waals surface area contributed by atoms with Crippen molar-refractivity contribution in [3.8, 4) is 0 Å². The van der Waals surface area contributed by atoms with E-state index in [1.807, 2.05) is 7.05 Å². The largest absolute Gasteiger partial charge is 0.344 e. The molecule has 0 radical (unpaired) electrons. The average molecular weight is 666 g/mol. The Labute approximate surface area is 283 Å². The van der Waals surface area contributed by atoms with Gasteiger partial charge in [-0.05, 0) is 62.4 Å². The zero-order valence-corrected chi connectivity index (χ0v) is 28.7. The van der Waals surface area contributed by atoms with Crippen molar-refractivity contribution in [1.29, 1.82) is 0 Å². The lowest BCUT2D eigenvalue weighted by molar-refractivity contribution is -0.138. The second-order valence-corrected chi connectivity index (χ2v) is 13.8. The minimum Gasteiger partial charge on any atom is -0.344 e. The summed E-state index contributed by atoms with van der Waals surface area (Å²) in [6.07, 6.45) is 11.7. The van der Waals surface area contributed by atoms with Gasteiger partial charge in [-0.3, -0.25) is 23.9 Å². The number of likely N-dealkylation sites (N-methyl/N-ethyl adjacent to an activating group) is 1. The number of carbonyl (C=O) groups excluding carboxylic acids is 4. The number of benzene rings is 1. The number of amides is 4. The molecule has 3 atom stereocenters. The Morgan fingerprint density at radius 3 is 2.23 bits per heavy atom. The molecule has 12 heteroatoms. The lowest BCUT2D eigenvalue weighted by Crippen LogP contribution is -2.55. The molecule has 262 valence electrons. The van der Waals surface area contributed by atoms with Crippen molar-refractivity contribution in [2.24, 2.45) is 5.92 Å². The maximum absolute atomic E-state index is 15.7. The molecule has 3 N–H and O–H groups in total. The minimum absolute atomic E-state index is 0.000596. The van der Waals surface area contributed by atoms with E-state index in [2.05, 4.69) is 25.9 Å². The van der Waals surface area contributed by atoms with Crippen LogP contribution in [0.15, 0.2) is 30.5 Å². The predicted molar refractivity (Wildman–Crippen MR) is 182 cm³/mol. The van der Waals surface area contributed by atoms with Crippen LogP contribution in [0.4, 0.5) is 10.1 Å². The van der Waals surface area contributed by atoms with Crippen molar-refractivity contribution in [3.05, 3.63) is 47.5 Å². The van der Waals surface area contributed by atoms with Gasteiger partial charge in [0.25, 0.3) is 5.91 Å². The zero-order valence-electron chi connectivity index (χ0n) is 28.7. The molecule has 2 aliphatic carbocycles. The number of hydrogen-bond acceptors (Lipinski definition) is 6. The molecule has 0 spiro atoms. The van der Waals surface area contributed by atoms with E-state index in [4.69, 9.17) is 0 Å². The minimum atomic E-state index is -0.854. The van der Waals surface area contributed by atoms with Gasteiger partial charge < -0.3 is 25.8 Å². The summed E-state index contributed by atoms with van der Waals surface area (Å²) in [7, 11) is 2.00. The second kappa shape index (κ2) is 16.5. The number of anilines is 1. The highest BCUT2D eigenvalue weighted by molar-refractivity contribution is 6.00. The molecule has 0 bridgehead atoms. The predicted octanol–water partition coefficient (Wildman–Crippen LogP) is 4.62. The van der Waals surface area contributed by atoms with Crippen LogP contribution in [-0.4, -0.2) is 88.5 Å². The van der Waals surface area contributed by atoms with Crippen LogP contribution < -0.4 is 16.0 Å². The van der Waals surface area contributed by atoms with Crippen molar-refractivity contribution in [2.75, 3.05) is 38.5 Å². The van der Waals surface area contributed by atoms with Crippen molar-refractivity contribution < 1.29 is 23.6 Å². The summed E-state index contributed by atoms with van der Waals surface area (Å²) >= 11 is 0. The molecular formula is C36H52FN7O4. The van der Waals surface area contributed by atoms with Gasteiger partial charge in [0.15, 0.2) is 0 Å². The highest BCUT2D eigenvalue weighted by atomic mass is 19.1. The quantitative estimate of drug-likeness (QED) is 0.301. The maximum Gasteiger partial charge on any atom is 0.270 e. The summed E-state index contributed by atoms with van der Waals surface area (Å²) < 4.78 is 17.5. The molecule has 1 aromatic carbocycles. The van der Waals surface area contributed by atoms with Crippen LogP contribution in [0.5, 0.6) is 0 Å². The van der Waals surface area contributed by atoms with Gasteiger partial charge in [-0.2, -0.15) is 5.10 Å². The number of nitrogens with one attached hydrogen (secondary N) is 3. The molecule has 5 rings (SSSR count). The third-order valence-electron chi connectivity index (χ3n) is 10.5. The first-order chi connectivity index (χ1) is 23.2. The van der Waals surface area contributed by atoms with E-state index in [1.54, 1.807) is 41.8 Å². The average Bonchev–Trinajstić information content (AvgIpc) is 3.74. The van der Waals surface area contributed by atoms with E-state index in [1.165, 1.54) is 12.1 Å². The van der Waals surface area contributed by atoms with Crippen LogP contribution in [0.3, 0.4) is 0 Å². The number of piperazine rings is 1. The van der Waals surface area contributed by atoms with Crippen molar-refractivity contribution in [2.45, 2.75) is 109 Å². The van der Waals surface area contributed by atoms with Crippen LogP contribution in [-0.2, 0) is 14.4 Å². The summed E-state index contributed by atoms with van der Waals surface area (Å²) in [5, 5.41) is 13.1. The van der Waals surface area contributed by atoms with E-state index < -0.39 is 29.7 Å². The molecule has 1 aliphatic heterocycles. The standard InChI is InChI=1S/C36H52FN7O4/c1-4-31(45)40-32(36(48)43-21-19-42(3)20-22-43)24(2)26-15-16-29(28(37)23-26)39-35(47)33(25-11-7-5-6-8-12-25)41-34(46)30-17-18-38-44(30)27-13-9-10-14-27/h15-18,23-25,27,32-33H,4-14,19-22H2,1-3H3,(H,39,47)(H,40,45)(H,41,46). The van der Waals surface area contributed by atoms with Gasteiger partial charge in [0.2, 0.25) is 17.7 Å². The first-order valence-electron chi connectivity index (χ1n) is 17.9. The molecular weight excluding hydrogens is 613 g/mol. The fraction of sp³-hybridized carbons (Fsp3) is 0.639. The lowest BCUT2D eigenvalue weighted by atomic mass is 9.90. The van der Waals surface area contributed by atoms with E-state index in [0.717, 1.165) is 77.3 Å². The van der Waals surface area contributed by atoms with E-state index in [-0.39, 0.29) is 41.8 Å². The summed E-state index contributed by atoms with van der Waals surface area (Å²) in [5.74, 6) is -2.49. The molecule has 3 fully saturated rings. The lowest BCUT2D eigenvalue weighted by Gasteiger charge is -2.36. The maximum atomic E-state index is 15.7. The van der Waals surface area contributed by atoms with Gasteiger partial charge >= 0.3 is 0 Å². The van der Waals surface area contributed by atoms with Crippen LogP contribution in [0, 0.1) is 11.7 Å². The van der Waals surface area contributed by atoms with Gasteiger partial charge in [0.1, 0.15) is 23.6 Å². The molecule has 2 aromatic rings. The number of rotatable bonds is 11. The number of aromatic nitrogens is 2. The smallest absolute Gasteiger partial charge is 0.270 e. The summed E-state index contributed by atoms with van der Waals surface area (Å²) in [6, 6.07) is 4.68. The van der Waals surface area contributed by atoms with Crippen LogP contribution >= 0.6 is 0 Å². The van der Waals surface area contributed by atoms with E-state index >= 15 is 4.39 Å². The molecule has 1 saturated heterocycles. The third-order valence-corrected chi connectivity index (χ3v) is 10.5. The number of nitrogens with zero attached hydrogens (tertiary/aromatic N) is 4. The SMILES string of the molecule is CCC(=O)NC(C(=O)N1CCN(C)CC1)C(C)c1ccc(NC(=O)C(NC(=O)c2ccnn2C2CCCC2)C2CCCCCC2)c(F)c1. The Hall–Kier alpha value is -3.80. The van der Waals surface area contributed by atoms with E-state index in [9.17, 15) is 19.2 Å². The van der Waals surface area contributed by atoms with Crippen LogP contribution in [0.2, 0.25) is 0 Å². The van der Waals surface area contributed by atoms with Crippen molar-refractivity contribution >= 4 is 29.3 Å². The van der Waals surface area contributed by atoms with Gasteiger partial charge in [-0.1, -0.05) is 58.4 Å². The molecule has 3 unspecified atom stereocenters. The summed E-state index contributed by atoms with van der Waals surface area (Å²) in [5.41, 5.74) is 0.969. The second-order valence-electron chi connectivity index (χ2n) is 13.8. The zero-order chi connectivity index (χ0) is 34.2. The highest BCUT2D eigenvalue weighted by Gasteiger charge is 2.35. The highest BCUT2D eigenvalue weighted by Crippen LogP contribution is 2.31. The fourth-order valence-electron chi connectivity index (χ4n) is 7.41. The Balaban J connectivity index is 1.32. The number of carbonyl (C=O) groups is 4. The summed E-state index contributed by atoms with van der Waals surface area (Å²) in [4.78, 5) is 57.4. The van der Waals surface area contributed by atoms with Gasteiger partial charge in [0, 0.05) is 44.7 Å². The fourth-order valence-corrected chi connectivity index (χ4v) is 7.41. The van der Waals surface area contributed by atoms with Gasteiger partial charge in [0.05, 0.1) is 11.7 Å². The first kappa shape index (κ1) is 35.5. The Bertz CT molecular complexity index is 1430. The third kappa shape index (κ3) is 8.61. The van der Waals surface area contributed by atoms with E-state index in [0.29, 0.717) is 24.3 Å².